The van der Waals surface area contributed by atoms with Gasteiger partial charge in [-0.15, -0.1) is 11.3 Å². The molecule has 0 saturated heterocycles. The fourth-order valence-corrected chi connectivity index (χ4v) is 3.29. The van der Waals surface area contributed by atoms with Crippen LogP contribution >= 0.6 is 11.3 Å². The van der Waals surface area contributed by atoms with Crippen LogP contribution in [0.3, 0.4) is 0 Å². The van der Waals surface area contributed by atoms with Crippen LogP contribution in [0.1, 0.15) is 16.1 Å². The van der Waals surface area contributed by atoms with Crippen LogP contribution in [-0.4, -0.2) is 4.98 Å². The molecule has 3 aromatic rings. The minimum Gasteiger partial charge on any atom is -0.360 e. The highest BCUT2D eigenvalue weighted by Gasteiger charge is 2.08. The van der Waals surface area contributed by atoms with Crippen LogP contribution < -0.4 is 5.32 Å². The zero-order valence-electron chi connectivity index (χ0n) is 13.6. The van der Waals surface area contributed by atoms with Gasteiger partial charge in [0.05, 0.1) is 5.69 Å². The van der Waals surface area contributed by atoms with E-state index in [1.54, 1.807) is 6.20 Å². The third kappa shape index (κ3) is 3.70. The highest BCUT2D eigenvalue weighted by molar-refractivity contribution is 7.11. The topological polar surface area (TPSA) is 48.7 Å². The molecule has 0 radical (unpaired) electrons. The van der Waals surface area contributed by atoms with Crippen LogP contribution in [-0.2, 0) is 0 Å². The van der Waals surface area contributed by atoms with Crippen molar-refractivity contribution in [2.24, 2.45) is 0 Å². The van der Waals surface area contributed by atoms with Gasteiger partial charge in [0.2, 0.25) is 0 Å². The van der Waals surface area contributed by atoms with Crippen molar-refractivity contribution in [3.8, 4) is 17.3 Å². The molecule has 0 bridgehead atoms. The monoisotopic (exact) mass is 331 g/mol. The van der Waals surface area contributed by atoms with E-state index < -0.39 is 0 Å². The van der Waals surface area contributed by atoms with Crippen molar-refractivity contribution < 1.29 is 0 Å². The summed E-state index contributed by atoms with van der Waals surface area (Å²) >= 11 is 1.48. The molecule has 0 aliphatic carbocycles. The van der Waals surface area contributed by atoms with Gasteiger partial charge in [-0.1, -0.05) is 36.4 Å². The van der Waals surface area contributed by atoms with Crippen molar-refractivity contribution in [1.29, 1.82) is 5.26 Å². The first-order valence-electron chi connectivity index (χ1n) is 7.62. The molecule has 4 heteroatoms. The molecule has 1 heterocycles. The predicted molar refractivity (Wildman–Crippen MR) is 101 cm³/mol. The number of aryl methyl sites for hydroxylation is 2. The van der Waals surface area contributed by atoms with Gasteiger partial charge in [-0.25, -0.2) is 4.98 Å². The highest BCUT2D eigenvalue weighted by atomic mass is 32.1. The number of hydrogen-bond acceptors (Lipinski definition) is 4. The van der Waals surface area contributed by atoms with E-state index in [1.807, 2.05) is 35.7 Å². The molecule has 24 heavy (non-hydrogen) atoms. The number of nitrogens with zero attached hydrogens (tertiary/aromatic N) is 2. The fraction of sp³-hybridized carbons (Fsp3) is 0.100. The molecule has 0 fully saturated rings. The number of anilines is 1. The first kappa shape index (κ1) is 16.0. The Hall–Kier alpha value is -2.90. The Morgan fingerprint density at radius 3 is 2.50 bits per heavy atom. The zero-order chi connectivity index (χ0) is 16.9. The molecular weight excluding hydrogens is 314 g/mol. The van der Waals surface area contributed by atoms with Crippen LogP contribution in [0.5, 0.6) is 0 Å². The lowest BCUT2D eigenvalue weighted by Crippen LogP contribution is -1.92. The van der Waals surface area contributed by atoms with Gasteiger partial charge in [-0.2, -0.15) is 5.26 Å². The Morgan fingerprint density at radius 2 is 1.83 bits per heavy atom. The number of thiazole rings is 1. The van der Waals surface area contributed by atoms with Crippen molar-refractivity contribution >= 4 is 22.6 Å². The van der Waals surface area contributed by atoms with Gasteiger partial charge in [0.15, 0.2) is 0 Å². The van der Waals surface area contributed by atoms with Crippen molar-refractivity contribution in [2.45, 2.75) is 13.8 Å². The van der Waals surface area contributed by atoms with Crippen LogP contribution in [0, 0.1) is 25.2 Å². The summed E-state index contributed by atoms with van der Waals surface area (Å²) < 4.78 is 0. The molecule has 0 aliphatic heterocycles. The van der Waals surface area contributed by atoms with E-state index in [1.165, 1.54) is 22.5 Å². The van der Waals surface area contributed by atoms with Gasteiger partial charge in [0, 0.05) is 22.8 Å². The lowest BCUT2D eigenvalue weighted by molar-refractivity contribution is 1.36. The Bertz CT molecular complexity index is 897. The van der Waals surface area contributed by atoms with Crippen LogP contribution in [0.15, 0.2) is 60.1 Å². The fourth-order valence-electron chi connectivity index (χ4n) is 2.49. The van der Waals surface area contributed by atoms with Crippen LogP contribution in [0.2, 0.25) is 0 Å². The number of benzene rings is 2. The predicted octanol–water partition coefficient (Wildman–Crippen LogP) is 5.40. The number of nitriles is 1. The quantitative estimate of drug-likeness (QED) is 0.651. The van der Waals surface area contributed by atoms with E-state index in [0.717, 1.165) is 16.9 Å². The van der Waals surface area contributed by atoms with E-state index >= 15 is 0 Å². The number of nitrogens with one attached hydrogen (secondary N) is 1. The average Bonchev–Trinajstić information content (AvgIpc) is 3.05. The minimum atomic E-state index is 0.529. The van der Waals surface area contributed by atoms with Crippen LogP contribution in [0.4, 0.5) is 5.69 Å². The molecular formula is C20H17N3S. The number of hydrogen-bond donors (Lipinski definition) is 1. The normalized spacial score (nSPS) is 11.1. The first-order valence-corrected chi connectivity index (χ1v) is 8.50. The first-order chi connectivity index (χ1) is 11.7. The van der Waals surface area contributed by atoms with Gasteiger partial charge >= 0.3 is 0 Å². The maximum absolute atomic E-state index is 9.45. The summed E-state index contributed by atoms with van der Waals surface area (Å²) in [6.45, 7) is 4.11. The van der Waals surface area contributed by atoms with Crippen molar-refractivity contribution in [3.63, 3.8) is 0 Å². The summed E-state index contributed by atoms with van der Waals surface area (Å²) in [6, 6.07) is 18.4. The standard InChI is InChI=1S/C20H17N3S/c1-14-8-15(2)10-18(9-14)22-12-17(11-21)20-23-19(13-24-20)16-6-4-3-5-7-16/h3-10,12-13,22H,1-2H3. The van der Waals surface area contributed by atoms with E-state index in [4.69, 9.17) is 0 Å². The molecule has 1 N–H and O–H groups in total. The summed E-state index contributed by atoms with van der Waals surface area (Å²) in [7, 11) is 0. The molecule has 3 rings (SSSR count). The number of aromatic nitrogens is 1. The molecule has 0 spiro atoms. The molecule has 0 amide bonds. The lowest BCUT2D eigenvalue weighted by atomic mass is 10.1. The van der Waals surface area contributed by atoms with E-state index in [2.05, 4.69) is 48.4 Å². The van der Waals surface area contributed by atoms with Gasteiger partial charge in [0.25, 0.3) is 0 Å². The zero-order valence-corrected chi connectivity index (χ0v) is 14.4. The summed E-state index contributed by atoms with van der Waals surface area (Å²) in [5.74, 6) is 0. The number of rotatable bonds is 4. The molecule has 118 valence electrons. The van der Waals surface area contributed by atoms with Gasteiger partial charge in [-0.3, -0.25) is 0 Å². The van der Waals surface area contributed by atoms with E-state index in [9.17, 15) is 5.26 Å². The minimum absolute atomic E-state index is 0.529. The van der Waals surface area contributed by atoms with Gasteiger partial charge in [0.1, 0.15) is 16.6 Å². The summed E-state index contributed by atoms with van der Waals surface area (Å²) in [5.41, 5.74) is 5.82. The van der Waals surface area contributed by atoms with Gasteiger partial charge in [-0.05, 0) is 37.1 Å². The van der Waals surface area contributed by atoms with E-state index in [-0.39, 0.29) is 0 Å². The summed E-state index contributed by atoms with van der Waals surface area (Å²) in [6.07, 6.45) is 1.72. The Labute approximate surface area is 145 Å². The van der Waals surface area contributed by atoms with Crippen LogP contribution in [0.25, 0.3) is 16.8 Å². The Kier molecular flexibility index (Phi) is 4.74. The second-order valence-electron chi connectivity index (χ2n) is 5.59. The second kappa shape index (κ2) is 7.12. The molecule has 0 aliphatic rings. The third-order valence-corrected chi connectivity index (χ3v) is 4.41. The Morgan fingerprint density at radius 1 is 1.12 bits per heavy atom. The number of allylic oxidation sites excluding steroid dienone is 1. The SMILES string of the molecule is Cc1cc(C)cc(NC=C(C#N)c2nc(-c3ccccc3)cs2)c1. The molecule has 2 aromatic carbocycles. The largest absolute Gasteiger partial charge is 0.360 e. The maximum atomic E-state index is 9.45. The third-order valence-electron chi connectivity index (χ3n) is 3.53. The lowest BCUT2D eigenvalue weighted by Gasteiger charge is -2.05. The molecule has 0 saturated carbocycles. The van der Waals surface area contributed by atoms with Crippen molar-refractivity contribution in [3.05, 3.63) is 76.2 Å². The van der Waals surface area contributed by atoms with E-state index in [0.29, 0.717) is 10.6 Å². The Balaban J connectivity index is 1.84. The summed E-state index contributed by atoms with van der Waals surface area (Å²) in [5, 5.41) is 15.4. The molecule has 1 aromatic heterocycles. The molecule has 0 unspecified atom stereocenters. The van der Waals surface area contributed by atoms with Gasteiger partial charge < -0.3 is 5.32 Å². The molecule has 3 nitrogen and oxygen atoms in total. The maximum Gasteiger partial charge on any atom is 0.136 e. The second-order valence-corrected chi connectivity index (χ2v) is 6.45. The van der Waals surface area contributed by atoms with Crippen molar-refractivity contribution in [2.75, 3.05) is 5.32 Å². The van der Waals surface area contributed by atoms with Crippen molar-refractivity contribution in [1.82, 2.24) is 4.98 Å². The summed E-state index contributed by atoms with van der Waals surface area (Å²) in [4.78, 5) is 4.59. The average molecular weight is 331 g/mol. The smallest absolute Gasteiger partial charge is 0.136 e. The molecule has 0 atom stereocenters. The highest BCUT2D eigenvalue weighted by Crippen LogP contribution is 2.26.